The highest BCUT2D eigenvalue weighted by Gasteiger charge is 2.12. The zero-order chi connectivity index (χ0) is 15.6. The van der Waals surface area contributed by atoms with E-state index in [9.17, 15) is 8.42 Å². The highest BCUT2D eigenvalue weighted by atomic mass is 32.2. The fourth-order valence-electron chi connectivity index (χ4n) is 1.89. The molecule has 0 spiro atoms. The maximum atomic E-state index is 11.1. The second-order valence-electron chi connectivity index (χ2n) is 4.55. The lowest BCUT2D eigenvalue weighted by molar-refractivity contribution is 0.174. The third-order valence-corrected chi connectivity index (χ3v) is 3.92. The molecule has 0 atom stereocenters. The van der Waals surface area contributed by atoms with Crippen molar-refractivity contribution >= 4 is 21.9 Å². The molecule has 0 unspecified atom stereocenters. The third kappa shape index (κ3) is 3.18. The SMILES string of the molecule is NS(=O)(=O)c1ccc(NN=Cc2ccc3c(c2)OCO3)cc1. The van der Waals surface area contributed by atoms with E-state index >= 15 is 0 Å². The molecular weight excluding hydrogens is 306 g/mol. The molecule has 8 heteroatoms. The number of nitrogens with zero attached hydrogens (tertiary/aromatic N) is 1. The van der Waals surface area contributed by atoms with Crippen LogP contribution in [0.2, 0.25) is 0 Å². The number of sulfonamides is 1. The number of nitrogens with one attached hydrogen (secondary N) is 1. The van der Waals surface area contributed by atoms with Crippen molar-refractivity contribution in [2.45, 2.75) is 4.90 Å². The van der Waals surface area contributed by atoms with E-state index in [0.29, 0.717) is 17.2 Å². The van der Waals surface area contributed by atoms with Crippen LogP contribution in [0.25, 0.3) is 0 Å². The Morgan fingerprint density at radius 1 is 1.09 bits per heavy atom. The molecule has 114 valence electrons. The first-order valence-corrected chi connectivity index (χ1v) is 7.88. The van der Waals surface area contributed by atoms with Crippen LogP contribution in [0.15, 0.2) is 52.5 Å². The summed E-state index contributed by atoms with van der Waals surface area (Å²) in [6.45, 7) is 0.227. The predicted octanol–water partition coefficient (Wildman–Crippen LogP) is 1.51. The molecule has 0 saturated carbocycles. The Morgan fingerprint density at radius 2 is 1.82 bits per heavy atom. The second-order valence-corrected chi connectivity index (χ2v) is 6.11. The van der Waals surface area contributed by atoms with E-state index in [-0.39, 0.29) is 11.7 Å². The fraction of sp³-hybridized carbons (Fsp3) is 0.0714. The molecule has 1 aliphatic rings. The van der Waals surface area contributed by atoms with Crippen LogP contribution in [0, 0.1) is 0 Å². The Hall–Kier alpha value is -2.58. The molecule has 0 aromatic heterocycles. The highest BCUT2D eigenvalue weighted by molar-refractivity contribution is 7.89. The van der Waals surface area contributed by atoms with Crippen LogP contribution in [-0.4, -0.2) is 21.4 Å². The molecule has 1 heterocycles. The summed E-state index contributed by atoms with van der Waals surface area (Å²) in [6.07, 6.45) is 1.62. The van der Waals surface area contributed by atoms with Crippen LogP contribution in [0.5, 0.6) is 11.5 Å². The van der Waals surface area contributed by atoms with Gasteiger partial charge >= 0.3 is 0 Å². The van der Waals surface area contributed by atoms with Gasteiger partial charge < -0.3 is 9.47 Å². The molecular formula is C14H13N3O4S. The van der Waals surface area contributed by atoms with Gasteiger partial charge in [-0.3, -0.25) is 5.43 Å². The average Bonchev–Trinajstić information content (AvgIpc) is 2.94. The van der Waals surface area contributed by atoms with Gasteiger partial charge in [-0.05, 0) is 48.0 Å². The largest absolute Gasteiger partial charge is 0.454 e. The van der Waals surface area contributed by atoms with E-state index in [0.717, 1.165) is 5.56 Å². The number of anilines is 1. The van der Waals surface area contributed by atoms with Gasteiger partial charge in [0.2, 0.25) is 16.8 Å². The van der Waals surface area contributed by atoms with Gasteiger partial charge in [0, 0.05) is 0 Å². The van der Waals surface area contributed by atoms with Gasteiger partial charge in [0.1, 0.15) is 0 Å². The molecule has 1 aliphatic heterocycles. The van der Waals surface area contributed by atoms with Gasteiger partial charge in [0.25, 0.3) is 0 Å². The Kier molecular flexibility index (Phi) is 3.70. The first kappa shape index (κ1) is 14.4. The van der Waals surface area contributed by atoms with Gasteiger partial charge in [0.05, 0.1) is 16.8 Å². The third-order valence-electron chi connectivity index (χ3n) is 2.99. The Balaban J connectivity index is 1.67. The number of primary sulfonamides is 1. The minimum atomic E-state index is -3.68. The number of nitrogens with two attached hydrogens (primary N) is 1. The van der Waals surface area contributed by atoms with E-state index in [4.69, 9.17) is 14.6 Å². The maximum Gasteiger partial charge on any atom is 0.238 e. The lowest BCUT2D eigenvalue weighted by Gasteiger charge is -2.02. The molecule has 0 fully saturated rings. The van der Waals surface area contributed by atoms with Gasteiger partial charge in [-0.2, -0.15) is 5.10 Å². The molecule has 7 nitrogen and oxygen atoms in total. The summed E-state index contributed by atoms with van der Waals surface area (Å²) >= 11 is 0. The predicted molar refractivity (Wildman–Crippen MR) is 81.6 cm³/mol. The summed E-state index contributed by atoms with van der Waals surface area (Å²) in [5, 5.41) is 9.10. The standard InChI is InChI=1S/C14H13N3O4S/c15-22(18,19)12-4-2-11(3-5-12)17-16-8-10-1-6-13-14(7-10)21-9-20-13/h1-8,17H,9H2,(H2,15,18,19). The molecule has 0 amide bonds. The smallest absolute Gasteiger partial charge is 0.238 e. The summed E-state index contributed by atoms with van der Waals surface area (Å²) in [4.78, 5) is 0.0535. The average molecular weight is 319 g/mol. The number of fused-ring (bicyclic) bond motifs is 1. The summed E-state index contributed by atoms with van der Waals surface area (Å²) < 4.78 is 32.8. The van der Waals surface area contributed by atoms with Crippen molar-refractivity contribution in [1.82, 2.24) is 0 Å². The molecule has 0 radical (unpaired) electrons. The normalized spacial score (nSPS) is 13.5. The first-order chi connectivity index (χ1) is 10.5. The molecule has 0 bridgehead atoms. The Labute approximate surface area is 127 Å². The quantitative estimate of drug-likeness (QED) is 0.657. The zero-order valence-corrected chi connectivity index (χ0v) is 12.2. The number of hydrogen-bond donors (Lipinski definition) is 2. The van der Waals surface area contributed by atoms with Gasteiger partial charge in [-0.25, -0.2) is 13.6 Å². The van der Waals surface area contributed by atoms with Crippen molar-refractivity contribution < 1.29 is 17.9 Å². The summed E-state index contributed by atoms with van der Waals surface area (Å²) in [5.41, 5.74) is 4.29. The molecule has 22 heavy (non-hydrogen) atoms. The van der Waals surface area contributed by atoms with Crippen molar-refractivity contribution in [3.63, 3.8) is 0 Å². The molecule has 0 saturated heterocycles. The Morgan fingerprint density at radius 3 is 2.55 bits per heavy atom. The molecule has 0 aliphatic carbocycles. The van der Waals surface area contributed by atoms with E-state index in [1.54, 1.807) is 18.3 Å². The van der Waals surface area contributed by atoms with Crippen LogP contribution in [0.1, 0.15) is 5.56 Å². The van der Waals surface area contributed by atoms with E-state index in [2.05, 4.69) is 10.5 Å². The highest BCUT2D eigenvalue weighted by Crippen LogP contribution is 2.31. The van der Waals surface area contributed by atoms with E-state index in [1.165, 1.54) is 12.1 Å². The summed E-state index contributed by atoms with van der Waals surface area (Å²) in [5.74, 6) is 1.39. The lowest BCUT2D eigenvalue weighted by Crippen LogP contribution is -2.11. The molecule has 3 rings (SSSR count). The minimum Gasteiger partial charge on any atom is -0.454 e. The van der Waals surface area contributed by atoms with E-state index < -0.39 is 10.0 Å². The zero-order valence-electron chi connectivity index (χ0n) is 11.4. The van der Waals surface area contributed by atoms with Crippen LogP contribution in [-0.2, 0) is 10.0 Å². The first-order valence-electron chi connectivity index (χ1n) is 6.34. The fourth-order valence-corrected chi connectivity index (χ4v) is 2.41. The number of rotatable bonds is 4. The Bertz CT molecular complexity index is 816. The van der Waals surface area contributed by atoms with Crippen LogP contribution in [0.4, 0.5) is 5.69 Å². The number of hydrazone groups is 1. The summed E-state index contributed by atoms with van der Waals surface area (Å²) in [6, 6.07) is 11.5. The second kappa shape index (κ2) is 5.66. The molecule has 2 aromatic carbocycles. The topological polar surface area (TPSA) is 103 Å². The molecule has 2 aromatic rings. The van der Waals surface area contributed by atoms with Crippen molar-refractivity contribution in [3.05, 3.63) is 48.0 Å². The molecule has 3 N–H and O–H groups in total. The van der Waals surface area contributed by atoms with Crippen molar-refractivity contribution in [1.29, 1.82) is 0 Å². The number of hydrogen-bond acceptors (Lipinski definition) is 6. The maximum absolute atomic E-state index is 11.1. The van der Waals surface area contributed by atoms with Crippen LogP contribution >= 0.6 is 0 Å². The van der Waals surface area contributed by atoms with Gasteiger partial charge in [-0.15, -0.1) is 0 Å². The van der Waals surface area contributed by atoms with Crippen LogP contribution < -0.4 is 20.0 Å². The number of ether oxygens (including phenoxy) is 2. The van der Waals surface area contributed by atoms with E-state index in [1.807, 2.05) is 18.2 Å². The van der Waals surface area contributed by atoms with Crippen molar-refractivity contribution in [2.24, 2.45) is 10.2 Å². The van der Waals surface area contributed by atoms with Gasteiger partial charge in [0.15, 0.2) is 11.5 Å². The lowest BCUT2D eigenvalue weighted by atomic mass is 10.2. The van der Waals surface area contributed by atoms with Crippen LogP contribution in [0.3, 0.4) is 0 Å². The minimum absolute atomic E-state index is 0.0535. The number of benzene rings is 2. The summed E-state index contributed by atoms with van der Waals surface area (Å²) in [7, 11) is -3.68. The van der Waals surface area contributed by atoms with Crippen molar-refractivity contribution in [3.8, 4) is 11.5 Å². The monoisotopic (exact) mass is 319 g/mol. The van der Waals surface area contributed by atoms with Gasteiger partial charge in [-0.1, -0.05) is 0 Å². The van der Waals surface area contributed by atoms with Crippen molar-refractivity contribution in [2.75, 3.05) is 12.2 Å².